The summed E-state index contributed by atoms with van der Waals surface area (Å²) in [4.78, 5) is 0. The first kappa shape index (κ1) is 72.6. The van der Waals surface area contributed by atoms with Gasteiger partial charge in [-0.1, -0.05) is 345 Å². The number of aryl methyl sites for hydroxylation is 1. The van der Waals surface area contributed by atoms with Gasteiger partial charge in [0.05, 0.1) is 0 Å². The third kappa shape index (κ3) is 12.7. The predicted octanol–water partition coefficient (Wildman–Crippen LogP) is 35.0. The molecule has 3 heteroatoms. The molecule has 24 aromatic rings. The Hall–Kier alpha value is -13.8. The zero-order valence-electron chi connectivity index (χ0n) is 68.1. The molecule has 3 heterocycles. The summed E-state index contributed by atoms with van der Waals surface area (Å²) >= 11 is 3.76. The SMILES string of the molecule is CC(C)(C)c1cc(-c2ccc3c(c2)oc2ccccc23)cc(-c2ccc3c4ccccc4c4ccccc4c3c2)c1.CC(C)(C)c1cc(-c2ccc3c(c2)sc2ccccc23)cc(-c2ccc3c4ccccc4c4ccccc4c3c2)c1.Cc1cc(-c2ccc3c(c2)sc2ccccc23)cc(-c2ccc3c4ccccc4c4ccccc4c3c2)c1. The van der Waals surface area contributed by atoms with Crippen molar-refractivity contribution in [3.63, 3.8) is 0 Å². The summed E-state index contributed by atoms with van der Waals surface area (Å²) < 4.78 is 11.6. The molecule has 1 nitrogen and oxygen atoms in total. The van der Waals surface area contributed by atoms with Gasteiger partial charge < -0.3 is 4.42 Å². The molecule has 0 saturated heterocycles. The lowest BCUT2D eigenvalue weighted by Crippen LogP contribution is -2.11. The van der Waals surface area contributed by atoms with E-state index in [9.17, 15) is 0 Å². The molecule has 0 aliphatic heterocycles. The van der Waals surface area contributed by atoms with Gasteiger partial charge in [-0.2, -0.15) is 0 Å². The highest BCUT2D eigenvalue weighted by atomic mass is 32.1. The third-order valence-corrected chi connectivity index (χ3v) is 27.3. The summed E-state index contributed by atoms with van der Waals surface area (Å²) in [5.41, 5.74) is 20.8. The van der Waals surface area contributed by atoms with E-state index in [0.29, 0.717) is 0 Å². The molecule has 0 atom stereocenters. The van der Waals surface area contributed by atoms with Crippen LogP contribution in [0.3, 0.4) is 0 Å². The Kier molecular flexibility index (Phi) is 17.4. The number of benzene rings is 21. The summed E-state index contributed by atoms with van der Waals surface area (Å²) in [7, 11) is 0. The van der Waals surface area contributed by atoms with Crippen LogP contribution in [-0.4, -0.2) is 0 Å². The molecule has 0 aliphatic rings. The van der Waals surface area contributed by atoms with E-state index < -0.39 is 0 Å². The number of thiophene rings is 2. The van der Waals surface area contributed by atoms with Crippen LogP contribution in [0.15, 0.2) is 387 Å². The van der Waals surface area contributed by atoms with Crippen LogP contribution < -0.4 is 0 Å². The molecule has 0 spiro atoms. The largest absolute Gasteiger partial charge is 0.456 e. The second-order valence-corrected chi connectivity index (χ2v) is 36.8. The molecule has 0 aliphatic carbocycles. The van der Waals surface area contributed by atoms with Crippen molar-refractivity contribution in [2.24, 2.45) is 0 Å². The molecule has 0 fully saturated rings. The summed E-state index contributed by atoms with van der Waals surface area (Å²) in [6, 6.07) is 141. The monoisotopic (exact) mass is 1570 g/mol. The molecular formula is C117H84OS2. The summed E-state index contributed by atoms with van der Waals surface area (Å²) in [6.45, 7) is 16.0. The molecule has 0 bridgehead atoms. The second-order valence-electron chi connectivity index (χ2n) is 34.7. The molecule has 120 heavy (non-hydrogen) atoms. The molecule has 570 valence electrons. The van der Waals surface area contributed by atoms with E-state index in [1.165, 1.54) is 221 Å². The minimum atomic E-state index is 0.00791. The van der Waals surface area contributed by atoms with Crippen LogP contribution in [0.2, 0.25) is 0 Å². The lowest BCUT2D eigenvalue weighted by Gasteiger charge is -2.22. The van der Waals surface area contributed by atoms with Gasteiger partial charge in [0.1, 0.15) is 11.2 Å². The number of hydrogen-bond acceptors (Lipinski definition) is 3. The average Bonchev–Trinajstić information content (AvgIpc) is 1.70. The molecule has 21 aromatic carbocycles. The Morgan fingerprint density at radius 2 is 0.392 bits per heavy atom. The maximum absolute atomic E-state index is 6.25. The highest BCUT2D eigenvalue weighted by Gasteiger charge is 2.23. The van der Waals surface area contributed by atoms with E-state index in [1.54, 1.807) is 0 Å². The van der Waals surface area contributed by atoms with Crippen LogP contribution in [0.5, 0.6) is 0 Å². The van der Waals surface area contributed by atoms with E-state index >= 15 is 0 Å². The Morgan fingerprint density at radius 1 is 0.167 bits per heavy atom. The van der Waals surface area contributed by atoms with Crippen LogP contribution in [0.4, 0.5) is 0 Å². The molecule has 0 N–H and O–H groups in total. The Balaban J connectivity index is 0.000000108. The van der Waals surface area contributed by atoms with E-state index in [0.717, 1.165) is 21.9 Å². The van der Waals surface area contributed by atoms with Gasteiger partial charge in [0.15, 0.2) is 0 Å². The lowest BCUT2D eigenvalue weighted by atomic mass is 9.83. The summed E-state index contributed by atoms with van der Waals surface area (Å²) in [5, 5.41) is 31.3. The van der Waals surface area contributed by atoms with Crippen LogP contribution in [0, 0.1) is 6.92 Å². The number of fused-ring (bicyclic) bond motifs is 27. The predicted molar refractivity (Wildman–Crippen MR) is 525 cm³/mol. The van der Waals surface area contributed by atoms with Gasteiger partial charge in [-0.15, -0.1) is 22.7 Å². The highest BCUT2D eigenvalue weighted by Crippen LogP contribution is 2.47. The van der Waals surface area contributed by atoms with Crippen molar-refractivity contribution >= 4 is 182 Å². The van der Waals surface area contributed by atoms with Crippen molar-refractivity contribution in [3.8, 4) is 66.8 Å². The van der Waals surface area contributed by atoms with Gasteiger partial charge in [0.25, 0.3) is 0 Å². The Bertz CT molecular complexity index is 7900. The third-order valence-electron chi connectivity index (χ3n) is 25.0. The summed E-state index contributed by atoms with van der Waals surface area (Å²) in [6.07, 6.45) is 0. The van der Waals surface area contributed by atoms with Crippen molar-refractivity contribution in [3.05, 3.63) is 399 Å². The molecule has 0 unspecified atom stereocenters. The molecule has 3 aromatic heterocycles. The fourth-order valence-electron chi connectivity index (χ4n) is 18.9. The Morgan fingerprint density at radius 3 is 0.717 bits per heavy atom. The van der Waals surface area contributed by atoms with Crippen LogP contribution >= 0.6 is 22.7 Å². The maximum atomic E-state index is 6.25. The van der Waals surface area contributed by atoms with Crippen LogP contribution in [-0.2, 0) is 10.8 Å². The smallest absolute Gasteiger partial charge is 0.136 e. The molecule has 0 amide bonds. The molecular weight excluding hydrogens is 1490 g/mol. The fourth-order valence-corrected chi connectivity index (χ4v) is 21.2. The van der Waals surface area contributed by atoms with E-state index in [4.69, 9.17) is 4.42 Å². The minimum absolute atomic E-state index is 0.00791. The fraction of sp³-hybridized carbons (Fsp3) is 0.0769. The number of furan rings is 1. The first-order chi connectivity index (χ1) is 58.6. The van der Waals surface area contributed by atoms with Crippen LogP contribution in [0.25, 0.3) is 226 Å². The lowest BCUT2D eigenvalue weighted by molar-refractivity contribution is 0.590. The molecule has 0 saturated carbocycles. The number of para-hydroxylation sites is 1. The zero-order valence-corrected chi connectivity index (χ0v) is 69.7. The van der Waals surface area contributed by atoms with Crippen molar-refractivity contribution in [1.29, 1.82) is 0 Å². The number of rotatable bonds is 6. The first-order valence-electron chi connectivity index (χ1n) is 41.8. The van der Waals surface area contributed by atoms with Crippen molar-refractivity contribution in [2.75, 3.05) is 0 Å². The van der Waals surface area contributed by atoms with Gasteiger partial charge in [-0.3, -0.25) is 0 Å². The topological polar surface area (TPSA) is 13.1 Å². The average molecular weight is 1570 g/mol. The summed E-state index contributed by atoms with van der Waals surface area (Å²) in [5.74, 6) is 0. The van der Waals surface area contributed by atoms with Gasteiger partial charge in [-0.05, 0) is 277 Å². The Labute approximate surface area is 705 Å². The van der Waals surface area contributed by atoms with Crippen molar-refractivity contribution < 1.29 is 4.42 Å². The highest BCUT2D eigenvalue weighted by molar-refractivity contribution is 7.26. The number of hydrogen-bond donors (Lipinski definition) is 0. The van der Waals surface area contributed by atoms with Gasteiger partial charge in [0.2, 0.25) is 0 Å². The second kappa shape index (κ2) is 28.8. The van der Waals surface area contributed by atoms with E-state index in [2.05, 4.69) is 419 Å². The van der Waals surface area contributed by atoms with Crippen LogP contribution in [0.1, 0.15) is 58.2 Å². The van der Waals surface area contributed by atoms with E-state index in [1.807, 2.05) is 34.8 Å². The standard InChI is InChI=1S/C40H30O.C40H30S.C37H24S/c2*1-40(2,3)29-21-27(20-28(22-29)26-17-19-36-35-14-8-9-15-38(35)41-39(36)24-26)25-16-18-34-32-12-5-4-10-30(32)31-11-6-7-13-33(31)37(34)23-25;1-23-18-26(20-27(19-23)25-15-17-34-33-12-6-7-13-36(33)38-37(34)22-25)24-14-16-32-30-10-3-2-8-28(30)29-9-4-5-11-31(29)35(32)21-24/h2*4-24H,1-3H3;2-22H,1H3. The quantitative estimate of drug-likeness (QED) is 0.151. The molecule has 24 rings (SSSR count). The minimum Gasteiger partial charge on any atom is -0.456 e. The zero-order chi connectivity index (χ0) is 80.6. The van der Waals surface area contributed by atoms with Crippen molar-refractivity contribution in [2.45, 2.75) is 59.3 Å². The maximum Gasteiger partial charge on any atom is 0.136 e. The first-order valence-corrected chi connectivity index (χ1v) is 43.4. The van der Waals surface area contributed by atoms with Gasteiger partial charge in [-0.25, -0.2) is 0 Å². The van der Waals surface area contributed by atoms with Gasteiger partial charge >= 0.3 is 0 Å². The normalized spacial score (nSPS) is 12.1. The van der Waals surface area contributed by atoms with Gasteiger partial charge in [0, 0.05) is 51.1 Å². The van der Waals surface area contributed by atoms with E-state index in [-0.39, 0.29) is 10.8 Å². The van der Waals surface area contributed by atoms with Crippen molar-refractivity contribution in [1.82, 2.24) is 0 Å². The molecule has 0 radical (unpaired) electrons.